The number of thiazole rings is 1. The Balaban J connectivity index is 1.97. The van der Waals surface area contributed by atoms with Gasteiger partial charge in [0.1, 0.15) is 5.75 Å². The molecule has 0 aliphatic carbocycles. The predicted molar refractivity (Wildman–Crippen MR) is 162 cm³/mol. The van der Waals surface area contributed by atoms with Crippen molar-refractivity contribution in [1.29, 1.82) is 0 Å². The number of nitrogens with zero attached hydrogens (tertiary/aromatic N) is 2. The number of carbonyl (C=O) groups is 1. The minimum atomic E-state index is -0.778. The first kappa shape index (κ1) is 30.1. The van der Waals surface area contributed by atoms with E-state index in [2.05, 4.69) is 36.9 Å². The zero-order valence-corrected chi connectivity index (χ0v) is 27.0. The SMILES string of the molecule is CCOC(=O)C1=C(C)N=c2s/c(=C/c3cc(Br)cc(Br)c3OCC)c(=O)n2[C@H]1c1ccc(OC(C)C)c(OC)c1. The largest absolute Gasteiger partial charge is 0.493 e. The molecule has 0 saturated carbocycles. The van der Waals surface area contributed by atoms with Gasteiger partial charge in [0.2, 0.25) is 0 Å². The fourth-order valence-electron chi connectivity index (χ4n) is 4.44. The second-order valence-corrected chi connectivity index (χ2v) is 11.9. The van der Waals surface area contributed by atoms with Crippen molar-refractivity contribution < 1.29 is 23.7 Å². The van der Waals surface area contributed by atoms with Gasteiger partial charge in [-0.25, -0.2) is 9.79 Å². The summed E-state index contributed by atoms with van der Waals surface area (Å²) in [6.45, 7) is 9.90. The number of rotatable bonds is 9. The zero-order valence-electron chi connectivity index (χ0n) is 23.0. The Labute approximate surface area is 253 Å². The molecule has 0 unspecified atom stereocenters. The van der Waals surface area contributed by atoms with Crippen molar-refractivity contribution >= 4 is 55.2 Å². The molecular formula is C29H30Br2N2O6S. The van der Waals surface area contributed by atoms with E-state index in [4.69, 9.17) is 18.9 Å². The second-order valence-electron chi connectivity index (χ2n) is 9.12. The lowest BCUT2D eigenvalue weighted by Gasteiger charge is -2.25. The number of allylic oxidation sites excluding steroid dienone is 1. The van der Waals surface area contributed by atoms with Gasteiger partial charge in [0.15, 0.2) is 16.3 Å². The third-order valence-electron chi connectivity index (χ3n) is 6.00. The van der Waals surface area contributed by atoms with Gasteiger partial charge in [-0.15, -0.1) is 0 Å². The third-order valence-corrected chi connectivity index (χ3v) is 8.03. The molecule has 4 rings (SSSR count). The van der Waals surface area contributed by atoms with E-state index in [9.17, 15) is 9.59 Å². The van der Waals surface area contributed by atoms with Crippen LogP contribution < -0.4 is 29.1 Å². The maximum atomic E-state index is 14.0. The zero-order chi connectivity index (χ0) is 29.1. The summed E-state index contributed by atoms with van der Waals surface area (Å²) >= 11 is 8.32. The van der Waals surface area contributed by atoms with Crippen molar-refractivity contribution in [2.24, 2.45) is 4.99 Å². The van der Waals surface area contributed by atoms with E-state index in [0.717, 1.165) is 14.5 Å². The molecule has 2 aromatic carbocycles. The van der Waals surface area contributed by atoms with Gasteiger partial charge in [-0.3, -0.25) is 9.36 Å². The summed E-state index contributed by atoms with van der Waals surface area (Å²) in [5, 5.41) is 0. The van der Waals surface area contributed by atoms with Gasteiger partial charge < -0.3 is 18.9 Å². The lowest BCUT2D eigenvalue weighted by molar-refractivity contribution is -0.139. The van der Waals surface area contributed by atoms with Crippen molar-refractivity contribution in [3.63, 3.8) is 0 Å². The first-order valence-corrected chi connectivity index (χ1v) is 15.2. The Morgan fingerprint density at radius 1 is 1.15 bits per heavy atom. The van der Waals surface area contributed by atoms with Gasteiger partial charge in [-0.05, 0) is 86.5 Å². The van der Waals surface area contributed by atoms with Crippen LogP contribution in [0.4, 0.5) is 0 Å². The number of halogens is 2. The molecular weight excluding hydrogens is 664 g/mol. The van der Waals surface area contributed by atoms with Crippen molar-refractivity contribution in [1.82, 2.24) is 4.57 Å². The lowest BCUT2D eigenvalue weighted by atomic mass is 9.95. The summed E-state index contributed by atoms with van der Waals surface area (Å²) in [6, 6.07) is 8.41. The van der Waals surface area contributed by atoms with E-state index in [0.29, 0.717) is 50.0 Å². The van der Waals surface area contributed by atoms with Crippen LogP contribution in [-0.2, 0) is 9.53 Å². The Morgan fingerprint density at radius 2 is 1.90 bits per heavy atom. The number of benzene rings is 2. The average Bonchev–Trinajstić information content (AvgIpc) is 3.19. The molecule has 1 aromatic heterocycles. The highest BCUT2D eigenvalue weighted by molar-refractivity contribution is 9.11. The second kappa shape index (κ2) is 12.7. The molecule has 1 aliphatic rings. The molecule has 212 valence electrons. The van der Waals surface area contributed by atoms with Crippen LogP contribution in [0.5, 0.6) is 17.2 Å². The van der Waals surface area contributed by atoms with Crippen LogP contribution in [0.1, 0.15) is 51.8 Å². The smallest absolute Gasteiger partial charge is 0.338 e. The first-order chi connectivity index (χ1) is 19.1. The molecule has 0 bridgehead atoms. The highest BCUT2D eigenvalue weighted by Crippen LogP contribution is 2.37. The number of hydrogen-bond donors (Lipinski definition) is 0. The Morgan fingerprint density at radius 3 is 2.55 bits per heavy atom. The third kappa shape index (κ3) is 6.06. The quantitative estimate of drug-likeness (QED) is 0.275. The fraction of sp³-hybridized carbons (Fsp3) is 0.345. The van der Waals surface area contributed by atoms with Crippen LogP contribution in [0.2, 0.25) is 0 Å². The number of ether oxygens (including phenoxy) is 4. The van der Waals surface area contributed by atoms with Crippen LogP contribution >= 0.6 is 43.2 Å². The Bertz CT molecular complexity index is 1660. The van der Waals surface area contributed by atoms with Gasteiger partial charge in [0.25, 0.3) is 5.56 Å². The fourth-order valence-corrected chi connectivity index (χ4v) is 6.85. The molecule has 0 fully saturated rings. The van der Waals surface area contributed by atoms with Crippen LogP contribution in [0, 0.1) is 0 Å². The van der Waals surface area contributed by atoms with E-state index in [1.54, 1.807) is 43.7 Å². The van der Waals surface area contributed by atoms with Gasteiger partial charge in [0, 0.05) is 10.0 Å². The first-order valence-electron chi connectivity index (χ1n) is 12.8. The minimum Gasteiger partial charge on any atom is -0.493 e. The van der Waals surface area contributed by atoms with Gasteiger partial charge in [0.05, 0.1) is 52.7 Å². The van der Waals surface area contributed by atoms with E-state index in [1.165, 1.54) is 11.3 Å². The summed E-state index contributed by atoms with van der Waals surface area (Å²) in [5.74, 6) is 1.16. The maximum Gasteiger partial charge on any atom is 0.338 e. The molecule has 3 aromatic rings. The standard InChI is InChI=1S/C29H30Br2N2O6S/c1-7-37-26-18(11-19(30)14-20(26)31)13-23-27(34)33-25(17-9-10-21(39-15(3)4)22(12-17)36-6)24(28(35)38-8-2)16(5)32-29(33)40-23/h9-15,25H,7-8H2,1-6H3/b23-13+/t25-/m0/s1. The molecule has 0 amide bonds. The monoisotopic (exact) mass is 692 g/mol. The van der Waals surface area contributed by atoms with Crippen molar-refractivity contribution in [2.45, 2.75) is 46.8 Å². The predicted octanol–water partition coefficient (Wildman–Crippen LogP) is 5.52. The average molecular weight is 694 g/mol. The summed E-state index contributed by atoms with van der Waals surface area (Å²) in [7, 11) is 1.55. The van der Waals surface area contributed by atoms with E-state index in [-0.39, 0.29) is 18.3 Å². The Kier molecular flexibility index (Phi) is 9.58. The lowest BCUT2D eigenvalue weighted by Crippen LogP contribution is -2.40. The van der Waals surface area contributed by atoms with Crippen molar-refractivity contribution in [2.75, 3.05) is 20.3 Å². The molecule has 1 aliphatic heterocycles. The van der Waals surface area contributed by atoms with Crippen LogP contribution in [0.3, 0.4) is 0 Å². The number of esters is 1. The highest BCUT2D eigenvalue weighted by Gasteiger charge is 2.34. The molecule has 11 heteroatoms. The van der Waals surface area contributed by atoms with Gasteiger partial charge in [-0.1, -0.05) is 33.3 Å². The molecule has 0 radical (unpaired) electrons. The summed E-state index contributed by atoms with van der Waals surface area (Å²) < 4.78 is 26.3. The molecule has 1 atom stereocenters. The number of carbonyl (C=O) groups excluding carboxylic acids is 1. The van der Waals surface area contributed by atoms with Crippen LogP contribution in [0.25, 0.3) is 6.08 Å². The summed E-state index contributed by atoms with van der Waals surface area (Å²) in [5.41, 5.74) is 1.88. The maximum absolute atomic E-state index is 14.0. The molecule has 0 spiro atoms. The minimum absolute atomic E-state index is 0.0608. The van der Waals surface area contributed by atoms with Crippen LogP contribution in [0.15, 0.2) is 60.3 Å². The van der Waals surface area contributed by atoms with E-state index in [1.807, 2.05) is 39.0 Å². The number of fused-ring (bicyclic) bond motifs is 1. The molecule has 2 heterocycles. The summed E-state index contributed by atoms with van der Waals surface area (Å²) in [4.78, 5) is 32.4. The molecule has 0 N–H and O–H groups in total. The number of hydrogen-bond acceptors (Lipinski definition) is 8. The Hall–Kier alpha value is -2.89. The number of aromatic nitrogens is 1. The highest BCUT2D eigenvalue weighted by atomic mass is 79.9. The normalized spacial score (nSPS) is 15.1. The number of methoxy groups -OCH3 is 1. The van der Waals surface area contributed by atoms with Gasteiger partial charge in [-0.2, -0.15) is 0 Å². The summed E-state index contributed by atoms with van der Waals surface area (Å²) in [6.07, 6.45) is 1.72. The van der Waals surface area contributed by atoms with Crippen molar-refractivity contribution in [3.05, 3.63) is 81.4 Å². The van der Waals surface area contributed by atoms with Crippen LogP contribution in [-0.4, -0.2) is 37.0 Å². The van der Waals surface area contributed by atoms with Gasteiger partial charge >= 0.3 is 5.97 Å². The van der Waals surface area contributed by atoms with Crippen molar-refractivity contribution in [3.8, 4) is 17.2 Å². The van der Waals surface area contributed by atoms with E-state index >= 15 is 0 Å². The van der Waals surface area contributed by atoms with E-state index < -0.39 is 12.0 Å². The molecule has 40 heavy (non-hydrogen) atoms. The molecule has 8 nitrogen and oxygen atoms in total. The topological polar surface area (TPSA) is 88.4 Å². The molecule has 0 saturated heterocycles.